The van der Waals surface area contributed by atoms with E-state index in [-0.39, 0.29) is 16.2 Å². The van der Waals surface area contributed by atoms with E-state index >= 15 is 0 Å². The molecule has 1 aromatic heterocycles. The first-order chi connectivity index (χ1) is 15.4. The van der Waals surface area contributed by atoms with Gasteiger partial charge in [0.2, 0.25) is 5.91 Å². The van der Waals surface area contributed by atoms with Crippen molar-refractivity contribution in [1.29, 1.82) is 0 Å². The summed E-state index contributed by atoms with van der Waals surface area (Å²) in [5, 5.41) is 7.45. The van der Waals surface area contributed by atoms with E-state index in [0.29, 0.717) is 17.7 Å². The molecular weight excluding hydrogens is 446 g/mol. The van der Waals surface area contributed by atoms with E-state index in [1.54, 1.807) is 11.4 Å². The number of hydrogen-bond donors (Lipinski definition) is 3. The Balaban J connectivity index is 1.43. The van der Waals surface area contributed by atoms with Gasteiger partial charge >= 0.3 is 0 Å². The number of benzene rings is 2. The van der Waals surface area contributed by atoms with Gasteiger partial charge in [0.05, 0.1) is 0 Å². The van der Waals surface area contributed by atoms with Crippen LogP contribution in [0.1, 0.15) is 28.8 Å². The molecule has 0 saturated heterocycles. The van der Waals surface area contributed by atoms with Crippen LogP contribution in [0.5, 0.6) is 0 Å². The minimum absolute atomic E-state index is 0.188. The van der Waals surface area contributed by atoms with Gasteiger partial charge in [-0.3, -0.25) is 14.3 Å². The van der Waals surface area contributed by atoms with E-state index in [9.17, 15) is 18.0 Å². The van der Waals surface area contributed by atoms with Gasteiger partial charge in [0.15, 0.2) is 0 Å². The number of thiophene rings is 1. The lowest BCUT2D eigenvalue weighted by Gasteiger charge is -2.19. The fourth-order valence-electron chi connectivity index (χ4n) is 3.14. The number of carbonyl (C=O) groups excluding carboxylic acids is 2. The Hall–Kier alpha value is -3.17. The second-order valence-corrected chi connectivity index (χ2v) is 10.5. The predicted molar refractivity (Wildman–Crippen MR) is 124 cm³/mol. The molecule has 1 saturated carbocycles. The van der Waals surface area contributed by atoms with E-state index in [0.717, 1.165) is 29.7 Å². The van der Waals surface area contributed by atoms with Crippen molar-refractivity contribution >= 4 is 38.9 Å². The van der Waals surface area contributed by atoms with Crippen molar-refractivity contribution in [3.63, 3.8) is 0 Å². The summed E-state index contributed by atoms with van der Waals surface area (Å²) in [7, 11) is -3.66. The highest BCUT2D eigenvalue weighted by Gasteiger charge is 2.28. The second-order valence-electron chi connectivity index (χ2n) is 7.61. The monoisotopic (exact) mass is 469 g/mol. The number of carbonyl (C=O) groups is 2. The number of sulfonamides is 1. The number of rotatable bonds is 9. The Bertz CT molecular complexity index is 1170. The molecular formula is C23H23N3O4S2. The summed E-state index contributed by atoms with van der Waals surface area (Å²) in [6.45, 7) is 0. The zero-order valence-electron chi connectivity index (χ0n) is 17.2. The van der Waals surface area contributed by atoms with Crippen molar-refractivity contribution in [2.75, 3.05) is 4.72 Å². The maximum atomic E-state index is 12.8. The summed E-state index contributed by atoms with van der Waals surface area (Å²) in [6.07, 6.45) is 2.30. The molecule has 1 aliphatic rings. The quantitative estimate of drug-likeness (QED) is 0.448. The normalized spacial score (nSPS) is 14.4. The Labute approximate surface area is 190 Å². The standard InChI is InChI=1S/C23H23N3O4S2/c27-22(17-8-10-19(11-9-17)26-32(29,30)21-7-4-14-31-21)25-20(23(28)24-18-12-13-18)15-16-5-2-1-3-6-16/h1-11,14,18,20,26H,12-13,15H2,(H,24,28)(H,25,27). The van der Waals surface area contributed by atoms with Crippen LogP contribution in [0.2, 0.25) is 0 Å². The van der Waals surface area contributed by atoms with Crippen LogP contribution in [0.25, 0.3) is 0 Å². The number of nitrogens with one attached hydrogen (secondary N) is 3. The van der Waals surface area contributed by atoms with Gasteiger partial charge < -0.3 is 10.6 Å². The van der Waals surface area contributed by atoms with Crippen LogP contribution in [0, 0.1) is 0 Å². The van der Waals surface area contributed by atoms with Crippen LogP contribution in [0.4, 0.5) is 5.69 Å². The van der Waals surface area contributed by atoms with E-state index in [1.807, 2.05) is 30.3 Å². The first-order valence-electron chi connectivity index (χ1n) is 10.2. The molecule has 0 bridgehead atoms. The summed E-state index contributed by atoms with van der Waals surface area (Å²) in [4.78, 5) is 25.5. The Morgan fingerprint density at radius 2 is 1.69 bits per heavy atom. The highest BCUT2D eigenvalue weighted by molar-refractivity contribution is 7.94. The van der Waals surface area contributed by atoms with Crippen LogP contribution in [0.3, 0.4) is 0 Å². The van der Waals surface area contributed by atoms with Gasteiger partial charge in [-0.15, -0.1) is 11.3 Å². The molecule has 1 aliphatic carbocycles. The molecule has 1 unspecified atom stereocenters. The molecule has 1 fully saturated rings. The Morgan fingerprint density at radius 1 is 0.969 bits per heavy atom. The lowest BCUT2D eigenvalue weighted by atomic mass is 10.0. The summed E-state index contributed by atoms with van der Waals surface area (Å²) < 4.78 is 27.4. The van der Waals surface area contributed by atoms with Crippen LogP contribution in [-0.4, -0.2) is 32.3 Å². The second kappa shape index (κ2) is 9.54. The van der Waals surface area contributed by atoms with Gasteiger partial charge in [-0.1, -0.05) is 36.4 Å². The van der Waals surface area contributed by atoms with E-state index in [2.05, 4.69) is 15.4 Å². The molecule has 0 radical (unpaired) electrons. The topological polar surface area (TPSA) is 104 Å². The predicted octanol–water partition coefficient (Wildman–Crippen LogP) is 3.17. The third-order valence-corrected chi connectivity index (χ3v) is 7.77. The van der Waals surface area contributed by atoms with E-state index in [4.69, 9.17) is 0 Å². The average molecular weight is 470 g/mol. The molecule has 7 nitrogen and oxygen atoms in total. The molecule has 0 aliphatic heterocycles. The van der Waals surface area contributed by atoms with Crippen LogP contribution in [-0.2, 0) is 21.2 Å². The molecule has 166 valence electrons. The molecule has 9 heteroatoms. The van der Waals surface area contributed by atoms with Gasteiger partial charge in [0.25, 0.3) is 15.9 Å². The van der Waals surface area contributed by atoms with Crippen LogP contribution in [0.15, 0.2) is 76.3 Å². The van der Waals surface area contributed by atoms with Crippen molar-refractivity contribution in [3.05, 3.63) is 83.2 Å². The fraction of sp³-hybridized carbons (Fsp3) is 0.217. The molecule has 3 N–H and O–H groups in total. The minimum atomic E-state index is -3.66. The zero-order valence-corrected chi connectivity index (χ0v) is 18.8. The van der Waals surface area contributed by atoms with Gasteiger partial charge in [-0.2, -0.15) is 0 Å². The van der Waals surface area contributed by atoms with Gasteiger partial charge in [0, 0.05) is 23.7 Å². The van der Waals surface area contributed by atoms with Crippen molar-refractivity contribution in [2.24, 2.45) is 0 Å². The molecule has 4 rings (SSSR count). The highest BCUT2D eigenvalue weighted by Crippen LogP contribution is 2.21. The maximum Gasteiger partial charge on any atom is 0.271 e. The third-order valence-electron chi connectivity index (χ3n) is 4.99. The van der Waals surface area contributed by atoms with Crippen molar-refractivity contribution in [1.82, 2.24) is 10.6 Å². The number of hydrogen-bond acceptors (Lipinski definition) is 5. The van der Waals surface area contributed by atoms with Gasteiger partial charge in [-0.05, 0) is 54.1 Å². The summed E-state index contributed by atoms with van der Waals surface area (Å²) in [5.41, 5.74) is 1.63. The third kappa shape index (κ3) is 5.74. The van der Waals surface area contributed by atoms with Crippen molar-refractivity contribution in [3.8, 4) is 0 Å². The van der Waals surface area contributed by atoms with Gasteiger partial charge in [-0.25, -0.2) is 8.42 Å². The first-order valence-corrected chi connectivity index (χ1v) is 12.6. The van der Waals surface area contributed by atoms with Crippen molar-refractivity contribution in [2.45, 2.75) is 35.6 Å². The number of amides is 2. The van der Waals surface area contributed by atoms with Crippen molar-refractivity contribution < 1.29 is 18.0 Å². The summed E-state index contributed by atoms with van der Waals surface area (Å²) in [6, 6.07) is 18.3. The average Bonchev–Trinajstić information content (AvgIpc) is 3.40. The SMILES string of the molecule is O=C(NC(Cc1ccccc1)C(=O)NC1CC1)c1ccc(NS(=O)(=O)c2cccs2)cc1. The van der Waals surface area contributed by atoms with E-state index in [1.165, 1.54) is 30.3 Å². The largest absolute Gasteiger partial charge is 0.352 e. The molecule has 1 atom stereocenters. The van der Waals surface area contributed by atoms with Gasteiger partial charge in [0.1, 0.15) is 10.3 Å². The molecule has 3 aromatic rings. The first kappa shape index (κ1) is 22.0. The lowest BCUT2D eigenvalue weighted by Crippen LogP contribution is -2.48. The van der Waals surface area contributed by atoms with E-state index < -0.39 is 22.0 Å². The highest BCUT2D eigenvalue weighted by atomic mass is 32.2. The van der Waals surface area contributed by atoms with Crippen LogP contribution >= 0.6 is 11.3 Å². The lowest BCUT2D eigenvalue weighted by molar-refractivity contribution is -0.123. The summed E-state index contributed by atoms with van der Waals surface area (Å²) in [5.74, 6) is -0.602. The maximum absolute atomic E-state index is 12.8. The van der Waals surface area contributed by atoms with Crippen LogP contribution < -0.4 is 15.4 Å². The zero-order chi connectivity index (χ0) is 22.6. The summed E-state index contributed by atoms with van der Waals surface area (Å²) >= 11 is 1.12. The fourth-order valence-corrected chi connectivity index (χ4v) is 5.19. The molecule has 0 spiro atoms. The molecule has 2 aromatic carbocycles. The Morgan fingerprint density at radius 3 is 2.31 bits per heavy atom. The number of anilines is 1. The minimum Gasteiger partial charge on any atom is -0.352 e. The molecule has 32 heavy (non-hydrogen) atoms. The molecule has 2 amide bonds. The Kier molecular flexibility index (Phi) is 6.57. The molecule has 1 heterocycles. The smallest absolute Gasteiger partial charge is 0.271 e.